The zero-order valence-electron chi connectivity index (χ0n) is 11.4. The number of aryl methyl sites for hydroxylation is 1. The minimum absolute atomic E-state index is 0.0275. The Morgan fingerprint density at radius 3 is 2.67 bits per heavy atom. The minimum Gasteiger partial charge on any atom is -0.504 e. The highest BCUT2D eigenvalue weighted by molar-refractivity contribution is 5.44. The molecule has 18 heavy (non-hydrogen) atoms. The standard InChI is InChI=1S/C15H24O3/c1-12(6-3-4-11-18-2)9-10-13-7-5-8-14(16)15(13)17/h5,7-8,12,16-17H,3-4,6,9-11H2,1-2H3. The average Bonchev–Trinajstić information content (AvgIpc) is 2.36. The second kappa shape index (κ2) is 7.98. The molecular formula is C15H24O3. The topological polar surface area (TPSA) is 49.7 Å². The molecule has 3 nitrogen and oxygen atoms in total. The largest absolute Gasteiger partial charge is 0.504 e. The Morgan fingerprint density at radius 2 is 1.94 bits per heavy atom. The van der Waals surface area contributed by atoms with Gasteiger partial charge in [-0.1, -0.05) is 31.9 Å². The van der Waals surface area contributed by atoms with Crippen LogP contribution < -0.4 is 0 Å². The number of benzene rings is 1. The zero-order valence-corrected chi connectivity index (χ0v) is 11.4. The molecule has 0 saturated heterocycles. The highest BCUT2D eigenvalue weighted by atomic mass is 16.5. The third kappa shape index (κ3) is 4.96. The smallest absolute Gasteiger partial charge is 0.160 e. The lowest BCUT2D eigenvalue weighted by Crippen LogP contribution is -1.99. The van der Waals surface area contributed by atoms with Crippen molar-refractivity contribution >= 4 is 0 Å². The second-order valence-electron chi connectivity index (χ2n) is 4.92. The summed E-state index contributed by atoms with van der Waals surface area (Å²) in [6.07, 6.45) is 5.32. The van der Waals surface area contributed by atoms with Gasteiger partial charge in [0.15, 0.2) is 11.5 Å². The maximum absolute atomic E-state index is 9.69. The van der Waals surface area contributed by atoms with Gasteiger partial charge in [-0.15, -0.1) is 0 Å². The second-order valence-corrected chi connectivity index (χ2v) is 4.92. The van der Waals surface area contributed by atoms with E-state index in [1.807, 2.05) is 6.07 Å². The normalized spacial score (nSPS) is 12.6. The first-order valence-corrected chi connectivity index (χ1v) is 6.64. The van der Waals surface area contributed by atoms with Crippen molar-refractivity contribution < 1.29 is 14.9 Å². The molecule has 1 rings (SSSR count). The molecule has 0 aliphatic rings. The van der Waals surface area contributed by atoms with Gasteiger partial charge in [0.25, 0.3) is 0 Å². The van der Waals surface area contributed by atoms with Crippen LogP contribution in [0.5, 0.6) is 11.5 Å². The van der Waals surface area contributed by atoms with Crippen molar-refractivity contribution in [2.45, 2.75) is 39.0 Å². The molecule has 0 amide bonds. The summed E-state index contributed by atoms with van der Waals surface area (Å²) in [6, 6.07) is 5.15. The Morgan fingerprint density at radius 1 is 1.17 bits per heavy atom. The van der Waals surface area contributed by atoms with E-state index in [-0.39, 0.29) is 11.5 Å². The minimum atomic E-state index is -0.0275. The third-order valence-electron chi connectivity index (χ3n) is 3.30. The van der Waals surface area contributed by atoms with E-state index in [1.165, 1.54) is 18.9 Å². The van der Waals surface area contributed by atoms with E-state index < -0.39 is 0 Å². The summed E-state index contributed by atoms with van der Waals surface area (Å²) in [5.74, 6) is 0.632. The zero-order chi connectivity index (χ0) is 13.4. The van der Waals surface area contributed by atoms with E-state index in [9.17, 15) is 10.2 Å². The first-order valence-electron chi connectivity index (χ1n) is 6.64. The fourth-order valence-electron chi connectivity index (χ4n) is 2.06. The summed E-state index contributed by atoms with van der Waals surface area (Å²) in [5, 5.41) is 19.1. The molecule has 0 saturated carbocycles. The van der Waals surface area contributed by atoms with Gasteiger partial charge >= 0.3 is 0 Å². The van der Waals surface area contributed by atoms with Crippen LogP contribution >= 0.6 is 0 Å². The van der Waals surface area contributed by atoms with Gasteiger partial charge in [-0.3, -0.25) is 0 Å². The van der Waals surface area contributed by atoms with E-state index in [1.54, 1.807) is 13.2 Å². The maximum Gasteiger partial charge on any atom is 0.160 e. The lowest BCUT2D eigenvalue weighted by molar-refractivity contribution is 0.190. The van der Waals surface area contributed by atoms with Crippen LogP contribution in [-0.4, -0.2) is 23.9 Å². The predicted octanol–water partition coefficient (Wildman–Crippen LogP) is 3.48. The van der Waals surface area contributed by atoms with Crippen molar-refractivity contribution in [3.8, 4) is 11.5 Å². The SMILES string of the molecule is COCCCCC(C)CCc1cccc(O)c1O. The number of phenols is 2. The monoisotopic (exact) mass is 252 g/mol. The predicted molar refractivity (Wildman–Crippen MR) is 73.0 cm³/mol. The van der Waals surface area contributed by atoms with Crippen molar-refractivity contribution in [2.75, 3.05) is 13.7 Å². The first-order chi connectivity index (χ1) is 8.65. The number of hydrogen-bond acceptors (Lipinski definition) is 3. The van der Waals surface area contributed by atoms with Crippen LogP contribution in [0.3, 0.4) is 0 Å². The highest BCUT2D eigenvalue weighted by Crippen LogP contribution is 2.30. The summed E-state index contributed by atoms with van der Waals surface area (Å²) >= 11 is 0. The summed E-state index contributed by atoms with van der Waals surface area (Å²) in [7, 11) is 1.73. The Balaban J connectivity index is 2.29. The van der Waals surface area contributed by atoms with Gasteiger partial charge in [0.05, 0.1) is 0 Å². The van der Waals surface area contributed by atoms with Crippen LogP contribution in [0.2, 0.25) is 0 Å². The van der Waals surface area contributed by atoms with Gasteiger partial charge in [-0.2, -0.15) is 0 Å². The van der Waals surface area contributed by atoms with Gasteiger partial charge in [0.2, 0.25) is 0 Å². The number of para-hydroxylation sites is 1. The molecule has 3 heteroatoms. The van der Waals surface area contributed by atoms with E-state index in [2.05, 4.69) is 6.92 Å². The summed E-state index contributed by atoms with van der Waals surface area (Å²) in [5.41, 5.74) is 0.832. The van der Waals surface area contributed by atoms with Gasteiger partial charge in [-0.05, 0) is 36.8 Å². The number of aromatic hydroxyl groups is 2. The molecule has 0 bridgehead atoms. The van der Waals surface area contributed by atoms with Crippen molar-refractivity contribution in [1.29, 1.82) is 0 Å². The average molecular weight is 252 g/mol. The summed E-state index contributed by atoms with van der Waals surface area (Å²) in [4.78, 5) is 0. The van der Waals surface area contributed by atoms with Crippen molar-refractivity contribution in [3.05, 3.63) is 23.8 Å². The summed E-state index contributed by atoms with van der Waals surface area (Å²) < 4.78 is 5.02. The Labute approximate surface area is 109 Å². The van der Waals surface area contributed by atoms with E-state index in [0.717, 1.165) is 31.4 Å². The van der Waals surface area contributed by atoms with Crippen LogP contribution in [-0.2, 0) is 11.2 Å². The van der Waals surface area contributed by atoms with Gasteiger partial charge in [-0.25, -0.2) is 0 Å². The molecule has 0 fully saturated rings. The molecular weight excluding hydrogens is 228 g/mol. The molecule has 1 aromatic rings. The molecule has 0 aliphatic carbocycles. The molecule has 0 aliphatic heterocycles. The van der Waals surface area contributed by atoms with Crippen LogP contribution in [0, 0.1) is 5.92 Å². The highest BCUT2D eigenvalue weighted by Gasteiger charge is 2.08. The number of hydrogen-bond donors (Lipinski definition) is 2. The summed E-state index contributed by atoms with van der Waals surface area (Å²) in [6.45, 7) is 3.06. The molecule has 1 unspecified atom stereocenters. The Bertz CT molecular complexity index is 350. The number of phenolic OH excluding ortho intramolecular Hbond substituents is 2. The Kier molecular flexibility index (Phi) is 6.58. The molecule has 0 heterocycles. The fraction of sp³-hybridized carbons (Fsp3) is 0.600. The van der Waals surface area contributed by atoms with Gasteiger partial charge in [0, 0.05) is 13.7 Å². The molecule has 102 valence electrons. The van der Waals surface area contributed by atoms with Crippen molar-refractivity contribution in [3.63, 3.8) is 0 Å². The third-order valence-corrected chi connectivity index (χ3v) is 3.30. The first kappa shape index (κ1) is 14.8. The number of rotatable bonds is 8. The molecule has 2 N–H and O–H groups in total. The van der Waals surface area contributed by atoms with Crippen LogP contribution in [0.15, 0.2) is 18.2 Å². The number of methoxy groups -OCH3 is 1. The van der Waals surface area contributed by atoms with Crippen LogP contribution in [0.25, 0.3) is 0 Å². The number of ether oxygens (including phenoxy) is 1. The molecule has 0 aromatic heterocycles. The fourth-order valence-corrected chi connectivity index (χ4v) is 2.06. The molecule has 0 spiro atoms. The number of unbranched alkanes of at least 4 members (excludes halogenated alkanes) is 1. The Hall–Kier alpha value is -1.22. The maximum atomic E-state index is 9.69. The van der Waals surface area contributed by atoms with E-state index in [0.29, 0.717) is 5.92 Å². The van der Waals surface area contributed by atoms with Gasteiger partial charge in [0.1, 0.15) is 0 Å². The quantitative estimate of drug-likeness (QED) is 0.550. The lowest BCUT2D eigenvalue weighted by atomic mass is 9.96. The molecule has 0 radical (unpaired) electrons. The van der Waals surface area contributed by atoms with Crippen molar-refractivity contribution in [1.82, 2.24) is 0 Å². The van der Waals surface area contributed by atoms with Crippen LogP contribution in [0.4, 0.5) is 0 Å². The molecule has 1 atom stereocenters. The van der Waals surface area contributed by atoms with Gasteiger partial charge < -0.3 is 14.9 Å². The van der Waals surface area contributed by atoms with E-state index >= 15 is 0 Å². The van der Waals surface area contributed by atoms with E-state index in [4.69, 9.17) is 4.74 Å². The molecule has 1 aromatic carbocycles. The van der Waals surface area contributed by atoms with Crippen LogP contribution in [0.1, 0.15) is 38.2 Å². The lowest BCUT2D eigenvalue weighted by Gasteiger charge is -2.12. The van der Waals surface area contributed by atoms with Crippen molar-refractivity contribution in [2.24, 2.45) is 5.92 Å².